The summed E-state index contributed by atoms with van der Waals surface area (Å²) in [7, 11) is 0. The molecule has 0 radical (unpaired) electrons. The lowest BCUT2D eigenvalue weighted by Gasteiger charge is -2.29. The number of hydrogen-bond donors (Lipinski definition) is 1. The Morgan fingerprint density at radius 1 is 1.36 bits per heavy atom. The minimum atomic E-state index is -0.599. The Labute approximate surface area is 151 Å². The van der Waals surface area contributed by atoms with Crippen molar-refractivity contribution in [3.05, 3.63) is 29.3 Å². The molecule has 2 atom stereocenters. The highest BCUT2D eigenvalue weighted by Gasteiger charge is 2.53. The fourth-order valence-corrected chi connectivity index (χ4v) is 4.83. The Bertz CT molecular complexity index is 716. The lowest BCUT2D eigenvalue weighted by Crippen LogP contribution is -2.47. The molecule has 3 rings (SSSR count). The summed E-state index contributed by atoms with van der Waals surface area (Å²) in [4.78, 5) is 37.8. The van der Waals surface area contributed by atoms with Gasteiger partial charge in [-0.15, -0.1) is 11.8 Å². The standard InChI is InChI=1S/C18H22N2O4S/c1-11-5-4-6-12(2)16(11)19-14(21)9-24-17(23)13-10-25-18(3)8-7-15(22)20(13)18/h4-6,13H,7-10H2,1-3H3,(H,19,21)/t13-,18+/m1/s1. The third kappa shape index (κ3) is 3.38. The maximum Gasteiger partial charge on any atom is 0.330 e. The van der Waals surface area contributed by atoms with Crippen LogP contribution < -0.4 is 5.32 Å². The van der Waals surface area contributed by atoms with Crippen molar-refractivity contribution in [2.24, 2.45) is 0 Å². The van der Waals surface area contributed by atoms with Crippen molar-refractivity contribution in [2.45, 2.75) is 44.5 Å². The molecule has 6 nitrogen and oxygen atoms in total. The minimum Gasteiger partial charge on any atom is -0.454 e. The molecule has 1 aromatic rings. The van der Waals surface area contributed by atoms with Gasteiger partial charge in [0, 0.05) is 17.9 Å². The second-order valence-electron chi connectivity index (χ2n) is 6.69. The van der Waals surface area contributed by atoms with Crippen molar-refractivity contribution in [1.29, 1.82) is 0 Å². The first-order valence-corrected chi connectivity index (χ1v) is 9.29. The lowest BCUT2D eigenvalue weighted by atomic mass is 10.1. The summed E-state index contributed by atoms with van der Waals surface area (Å²) in [5, 5.41) is 2.79. The molecule has 1 aromatic carbocycles. The van der Waals surface area contributed by atoms with Crippen LogP contribution in [0, 0.1) is 13.8 Å². The molecular formula is C18H22N2O4S. The van der Waals surface area contributed by atoms with Crippen LogP contribution in [0.4, 0.5) is 5.69 Å². The summed E-state index contributed by atoms with van der Waals surface area (Å²) in [6.45, 7) is 5.43. The van der Waals surface area contributed by atoms with E-state index in [2.05, 4.69) is 5.32 Å². The van der Waals surface area contributed by atoms with Gasteiger partial charge in [-0.25, -0.2) is 4.79 Å². The molecular weight excluding hydrogens is 340 g/mol. The van der Waals surface area contributed by atoms with Gasteiger partial charge in [0.1, 0.15) is 6.04 Å². The first-order chi connectivity index (χ1) is 11.8. The molecule has 0 spiro atoms. The van der Waals surface area contributed by atoms with Gasteiger partial charge in [0.25, 0.3) is 5.91 Å². The second-order valence-corrected chi connectivity index (χ2v) is 8.19. The van der Waals surface area contributed by atoms with Crippen molar-refractivity contribution < 1.29 is 19.1 Å². The van der Waals surface area contributed by atoms with Gasteiger partial charge in [0.05, 0.1) is 4.87 Å². The highest BCUT2D eigenvalue weighted by Crippen LogP contribution is 2.47. The second kappa shape index (κ2) is 6.71. The lowest BCUT2D eigenvalue weighted by molar-refractivity contribution is -0.155. The maximum absolute atomic E-state index is 12.4. The fourth-order valence-electron chi connectivity index (χ4n) is 3.42. The first-order valence-electron chi connectivity index (χ1n) is 8.30. The maximum atomic E-state index is 12.4. The number of nitrogens with one attached hydrogen (secondary N) is 1. The highest BCUT2D eigenvalue weighted by molar-refractivity contribution is 8.01. The van der Waals surface area contributed by atoms with E-state index in [1.54, 1.807) is 16.7 Å². The van der Waals surface area contributed by atoms with Crippen LogP contribution in [0.25, 0.3) is 0 Å². The van der Waals surface area contributed by atoms with Crippen LogP contribution >= 0.6 is 11.8 Å². The molecule has 0 aliphatic carbocycles. The van der Waals surface area contributed by atoms with Crippen LogP contribution in [0.15, 0.2) is 18.2 Å². The van der Waals surface area contributed by atoms with Crippen molar-refractivity contribution >= 4 is 35.2 Å². The predicted molar refractivity (Wildman–Crippen MR) is 96.2 cm³/mol. The molecule has 0 aromatic heterocycles. The SMILES string of the molecule is Cc1cccc(C)c1NC(=O)COC(=O)[C@H]1CS[C@@]2(C)CCC(=O)N12. The molecule has 2 aliphatic rings. The molecule has 7 heteroatoms. The minimum absolute atomic E-state index is 0.0190. The Morgan fingerprint density at radius 3 is 2.72 bits per heavy atom. The van der Waals surface area contributed by atoms with E-state index in [9.17, 15) is 14.4 Å². The van der Waals surface area contributed by atoms with Crippen molar-refractivity contribution in [3.8, 4) is 0 Å². The number of fused-ring (bicyclic) bond motifs is 1. The van der Waals surface area contributed by atoms with E-state index >= 15 is 0 Å². The smallest absolute Gasteiger partial charge is 0.330 e. The number of para-hydroxylation sites is 1. The monoisotopic (exact) mass is 362 g/mol. The van der Waals surface area contributed by atoms with E-state index in [1.807, 2.05) is 39.0 Å². The van der Waals surface area contributed by atoms with Crippen LogP contribution in [0.1, 0.15) is 30.9 Å². The normalized spacial score (nSPS) is 25.0. The number of esters is 1. The molecule has 2 heterocycles. The predicted octanol–water partition coefficient (Wildman–Crippen LogP) is 2.24. The fraction of sp³-hybridized carbons (Fsp3) is 0.500. The molecule has 2 fully saturated rings. The highest BCUT2D eigenvalue weighted by atomic mass is 32.2. The van der Waals surface area contributed by atoms with Gasteiger partial charge in [0.2, 0.25) is 5.91 Å². The number of nitrogens with zero attached hydrogens (tertiary/aromatic N) is 1. The molecule has 25 heavy (non-hydrogen) atoms. The van der Waals surface area contributed by atoms with Crippen LogP contribution in [-0.2, 0) is 19.1 Å². The molecule has 2 aliphatic heterocycles. The number of carbonyl (C=O) groups excluding carboxylic acids is 3. The number of anilines is 1. The van der Waals surface area contributed by atoms with Crippen LogP contribution in [0.5, 0.6) is 0 Å². The Balaban J connectivity index is 1.58. The van der Waals surface area contributed by atoms with Gasteiger partial charge < -0.3 is 15.0 Å². The summed E-state index contributed by atoms with van der Waals surface area (Å²) < 4.78 is 5.18. The zero-order valence-corrected chi connectivity index (χ0v) is 15.4. The van der Waals surface area contributed by atoms with Gasteiger partial charge >= 0.3 is 5.97 Å². The molecule has 134 valence electrons. The van der Waals surface area contributed by atoms with E-state index in [4.69, 9.17) is 4.74 Å². The van der Waals surface area contributed by atoms with E-state index < -0.39 is 12.0 Å². The van der Waals surface area contributed by atoms with Gasteiger partial charge in [-0.2, -0.15) is 0 Å². The van der Waals surface area contributed by atoms with Crippen molar-refractivity contribution in [1.82, 2.24) is 4.90 Å². The van der Waals surface area contributed by atoms with Crippen LogP contribution in [0.3, 0.4) is 0 Å². The molecule has 0 saturated carbocycles. The van der Waals surface area contributed by atoms with Gasteiger partial charge in [-0.05, 0) is 38.3 Å². The number of amides is 2. The average molecular weight is 362 g/mol. The quantitative estimate of drug-likeness (QED) is 0.832. The Hall–Kier alpha value is -2.02. The topological polar surface area (TPSA) is 75.7 Å². The molecule has 2 saturated heterocycles. The number of carbonyl (C=O) groups is 3. The summed E-state index contributed by atoms with van der Waals surface area (Å²) in [6, 6.07) is 5.13. The van der Waals surface area contributed by atoms with Crippen LogP contribution in [-0.4, -0.2) is 46.0 Å². The third-order valence-corrected chi connectivity index (χ3v) is 6.31. The molecule has 2 amide bonds. The van der Waals surface area contributed by atoms with E-state index in [-0.39, 0.29) is 23.3 Å². The Morgan fingerprint density at radius 2 is 2.04 bits per heavy atom. The average Bonchev–Trinajstić information content (AvgIpc) is 3.05. The van der Waals surface area contributed by atoms with Crippen molar-refractivity contribution in [2.75, 3.05) is 17.7 Å². The van der Waals surface area contributed by atoms with Gasteiger partial charge in [0.15, 0.2) is 6.61 Å². The van der Waals surface area contributed by atoms with Gasteiger partial charge in [-0.1, -0.05) is 18.2 Å². The van der Waals surface area contributed by atoms with Gasteiger partial charge in [-0.3, -0.25) is 9.59 Å². The first kappa shape index (κ1) is 17.8. The zero-order valence-electron chi connectivity index (χ0n) is 14.6. The number of hydrogen-bond acceptors (Lipinski definition) is 5. The summed E-state index contributed by atoms with van der Waals surface area (Å²) >= 11 is 1.60. The summed E-state index contributed by atoms with van der Waals surface area (Å²) in [5.74, 6) is -0.399. The van der Waals surface area contributed by atoms with E-state index in [1.165, 1.54) is 0 Å². The number of ether oxygens (including phenoxy) is 1. The largest absolute Gasteiger partial charge is 0.454 e. The third-order valence-electron chi connectivity index (χ3n) is 4.81. The van der Waals surface area contributed by atoms with E-state index in [0.29, 0.717) is 12.2 Å². The summed E-state index contributed by atoms with van der Waals surface area (Å²) in [6.07, 6.45) is 1.20. The van der Waals surface area contributed by atoms with Crippen molar-refractivity contribution in [3.63, 3.8) is 0 Å². The number of aryl methyl sites for hydroxylation is 2. The molecule has 0 bridgehead atoms. The number of benzene rings is 1. The number of rotatable bonds is 4. The molecule has 0 unspecified atom stereocenters. The van der Waals surface area contributed by atoms with E-state index in [0.717, 1.165) is 23.2 Å². The van der Waals surface area contributed by atoms with Crippen LogP contribution in [0.2, 0.25) is 0 Å². The molecule has 1 N–H and O–H groups in total. The summed E-state index contributed by atoms with van der Waals surface area (Å²) in [5.41, 5.74) is 2.64. The number of thioether (sulfide) groups is 1. The zero-order chi connectivity index (χ0) is 18.2. The Kier molecular flexibility index (Phi) is 4.77.